The molecule has 0 radical (unpaired) electrons. The van der Waals surface area contributed by atoms with Crippen LogP contribution in [-0.4, -0.2) is 101 Å². The lowest BCUT2D eigenvalue weighted by molar-refractivity contribution is -0.130. The molecule has 0 bridgehead atoms. The monoisotopic (exact) mass is 572 g/mol. The molecule has 0 aliphatic carbocycles. The molecule has 2 aliphatic heterocycles. The van der Waals surface area contributed by atoms with Crippen LogP contribution < -0.4 is 15.1 Å². The van der Waals surface area contributed by atoms with Gasteiger partial charge >= 0.3 is 6.09 Å². The Hall–Kier alpha value is -4.07. The fourth-order valence-electron chi connectivity index (χ4n) is 4.79. The number of nitrogens with one attached hydrogen (secondary N) is 1. The van der Waals surface area contributed by atoms with E-state index in [0.717, 1.165) is 0 Å². The lowest BCUT2D eigenvalue weighted by Gasteiger charge is -2.36. The summed E-state index contributed by atoms with van der Waals surface area (Å²) in [6.07, 6.45) is -3.48. The number of fused-ring (bicyclic) bond motifs is 1. The largest absolute Gasteiger partial charge is 0.444 e. The number of ether oxygens (including phenoxy) is 2. The number of aromatic nitrogens is 4. The molecule has 2 fully saturated rings. The summed E-state index contributed by atoms with van der Waals surface area (Å²) in [7, 11) is 0. The van der Waals surface area contributed by atoms with Gasteiger partial charge in [-0.15, -0.1) is 0 Å². The van der Waals surface area contributed by atoms with Gasteiger partial charge in [0.15, 0.2) is 5.82 Å². The smallest absolute Gasteiger partial charge is 0.408 e. The summed E-state index contributed by atoms with van der Waals surface area (Å²) in [4.78, 5) is 43.9. The number of morpholine rings is 1. The lowest BCUT2D eigenvalue weighted by Crippen LogP contribution is -2.51. The van der Waals surface area contributed by atoms with Crippen molar-refractivity contribution in [2.75, 3.05) is 68.8 Å². The van der Waals surface area contributed by atoms with Gasteiger partial charge in [0.2, 0.25) is 11.9 Å². The molecule has 0 unspecified atom stereocenters. The van der Waals surface area contributed by atoms with E-state index in [4.69, 9.17) is 19.4 Å². The van der Waals surface area contributed by atoms with Gasteiger partial charge in [0.05, 0.1) is 24.2 Å². The van der Waals surface area contributed by atoms with Crippen LogP contribution in [0.3, 0.4) is 0 Å². The Morgan fingerprint density at radius 3 is 2.24 bits per heavy atom. The lowest BCUT2D eigenvalue weighted by atomic mass is 10.2. The van der Waals surface area contributed by atoms with Gasteiger partial charge in [-0.3, -0.25) is 9.36 Å². The van der Waals surface area contributed by atoms with E-state index < -0.39 is 23.9 Å². The number of imidazole rings is 1. The Morgan fingerprint density at radius 1 is 0.976 bits per heavy atom. The minimum atomic E-state index is -2.83. The number of alkyl carbamates (subject to hydrolysis) is 1. The number of amides is 2. The van der Waals surface area contributed by atoms with Crippen LogP contribution in [0.4, 0.5) is 25.2 Å². The first kappa shape index (κ1) is 28.5. The Labute approximate surface area is 236 Å². The van der Waals surface area contributed by atoms with Crippen LogP contribution in [0.15, 0.2) is 30.3 Å². The van der Waals surface area contributed by atoms with Crippen LogP contribution in [0, 0.1) is 0 Å². The second-order valence-electron chi connectivity index (χ2n) is 10.8. The van der Waals surface area contributed by atoms with E-state index >= 15 is 0 Å². The first-order valence-corrected chi connectivity index (χ1v) is 13.6. The number of halogens is 2. The average Bonchev–Trinajstić information content (AvgIpc) is 3.36. The SMILES string of the molecule is CC(C)(C)OC(=O)NCC(=O)N1CCN(c2cc(N3CCOCC3)nc(-n3c(C(F)F)nc4ccccc43)n2)CC1. The number of carbonyl (C=O) groups excluding carboxylic acids is 2. The number of rotatable bonds is 6. The summed E-state index contributed by atoms with van der Waals surface area (Å²) < 4.78 is 40.3. The zero-order chi connectivity index (χ0) is 29.1. The van der Waals surface area contributed by atoms with Gasteiger partial charge in [-0.2, -0.15) is 9.97 Å². The van der Waals surface area contributed by atoms with E-state index in [1.165, 1.54) is 4.57 Å². The van der Waals surface area contributed by atoms with Gasteiger partial charge < -0.3 is 29.5 Å². The number of hydrogen-bond donors (Lipinski definition) is 1. The highest BCUT2D eigenvalue weighted by Crippen LogP contribution is 2.29. The molecule has 1 N–H and O–H groups in total. The molecule has 0 saturated carbocycles. The number of para-hydroxylation sites is 2. The van der Waals surface area contributed by atoms with E-state index in [1.807, 2.05) is 15.9 Å². The third-order valence-corrected chi connectivity index (χ3v) is 6.74. The Bertz CT molecular complexity index is 1400. The zero-order valence-corrected chi connectivity index (χ0v) is 23.3. The van der Waals surface area contributed by atoms with E-state index in [0.29, 0.717) is 75.2 Å². The van der Waals surface area contributed by atoms with Crippen molar-refractivity contribution in [1.82, 2.24) is 29.7 Å². The van der Waals surface area contributed by atoms with Crippen molar-refractivity contribution >= 4 is 34.7 Å². The molecule has 12 nitrogen and oxygen atoms in total. The number of hydrogen-bond acceptors (Lipinski definition) is 9. The third-order valence-electron chi connectivity index (χ3n) is 6.74. The van der Waals surface area contributed by atoms with Crippen molar-refractivity contribution < 1.29 is 27.8 Å². The molecular weight excluding hydrogens is 538 g/mol. The highest BCUT2D eigenvalue weighted by Gasteiger charge is 2.27. The maximum atomic E-state index is 14.1. The summed E-state index contributed by atoms with van der Waals surface area (Å²) in [5.74, 6) is 0.622. The molecule has 2 saturated heterocycles. The average molecular weight is 573 g/mol. The van der Waals surface area contributed by atoms with Gasteiger partial charge in [-0.25, -0.2) is 18.6 Å². The number of carbonyl (C=O) groups is 2. The standard InChI is InChI=1S/C27H34F2N8O4/c1-27(2,3)41-26(39)30-17-22(38)36-10-8-34(9-11-36)20-16-21(35-12-14-40-15-13-35)33-25(32-20)37-19-7-5-4-6-18(19)31-24(37)23(28)29/h4-7,16,23H,8-15,17H2,1-3H3,(H,30,39). The van der Waals surface area contributed by atoms with Gasteiger partial charge in [0.1, 0.15) is 23.8 Å². The van der Waals surface area contributed by atoms with Crippen molar-refractivity contribution in [3.63, 3.8) is 0 Å². The van der Waals surface area contributed by atoms with Crippen LogP contribution in [0.2, 0.25) is 0 Å². The van der Waals surface area contributed by atoms with Crippen LogP contribution in [0.25, 0.3) is 17.0 Å². The molecular formula is C27H34F2N8O4. The molecule has 14 heteroatoms. The zero-order valence-electron chi connectivity index (χ0n) is 23.3. The molecule has 0 atom stereocenters. The first-order chi connectivity index (χ1) is 19.6. The number of anilines is 2. The molecule has 2 aromatic heterocycles. The Kier molecular flexibility index (Phi) is 8.20. The first-order valence-electron chi connectivity index (χ1n) is 13.6. The Morgan fingerprint density at radius 2 is 1.61 bits per heavy atom. The number of benzene rings is 1. The fraction of sp³-hybridized carbons (Fsp3) is 0.519. The van der Waals surface area contributed by atoms with Crippen molar-refractivity contribution in [2.24, 2.45) is 0 Å². The summed E-state index contributed by atoms with van der Waals surface area (Å²) in [6, 6.07) is 8.75. The maximum Gasteiger partial charge on any atom is 0.408 e. The van der Waals surface area contributed by atoms with E-state index in [1.54, 1.807) is 49.9 Å². The van der Waals surface area contributed by atoms with Crippen LogP contribution in [-0.2, 0) is 14.3 Å². The van der Waals surface area contributed by atoms with Gasteiger partial charge in [0.25, 0.3) is 6.43 Å². The summed E-state index contributed by atoms with van der Waals surface area (Å²) >= 11 is 0. The highest BCUT2D eigenvalue weighted by atomic mass is 19.3. The Balaban J connectivity index is 1.38. The number of nitrogens with zero attached hydrogens (tertiary/aromatic N) is 7. The molecule has 2 aliphatic rings. The quantitative estimate of drug-likeness (QED) is 0.476. The normalized spacial score (nSPS) is 16.4. The number of alkyl halides is 2. The number of piperazine rings is 1. The topological polar surface area (TPSA) is 118 Å². The second kappa shape index (κ2) is 11.8. The van der Waals surface area contributed by atoms with Crippen molar-refractivity contribution in [3.05, 3.63) is 36.2 Å². The summed E-state index contributed by atoms with van der Waals surface area (Å²) in [6.45, 7) is 9.08. The maximum absolute atomic E-state index is 14.1. The predicted octanol–water partition coefficient (Wildman–Crippen LogP) is 2.76. The molecule has 4 heterocycles. The molecule has 220 valence electrons. The van der Waals surface area contributed by atoms with Crippen molar-refractivity contribution in [1.29, 1.82) is 0 Å². The van der Waals surface area contributed by atoms with Crippen LogP contribution in [0.1, 0.15) is 33.0 Å². The van der Waals surface area contributed by atoms with Crippen molar-refractivity contribution in [3.8, 4) is 5.95 Å². The third kappa shape index (κ3) is 6.64. The van der Waals surface area contributed by atoms with Gasteiger partial charge in [0, 0.05) is 45.3 Å². The van der Waals surface area contributed by atoms with Gasteiger partial charge in [-0.1, -0.05) is 12.1 Å². The molecule has 2 amide bonds. The molecule has 3 aromatic rings. The van der Waals surface area contributed by atoms with Gasteiger partial charge in [-0.05, 0) is 32.9 Å². The summed E-state index contributed by atoms with van der Waals surface area (Å²) in [5.41, 5.74) is 0.256. The molecule has 5 rings (SSSR count). The van der Waals surface area contributed by atoms with E-state index in [-0.39, 0.29) is 18.4 Å². The minimum absolute atomic E-state index is 0.105. The highest BCUT2D eigenvalue weighted by molar-refractivity contribution is 5.82. The van der Waals surface area contributed by atoms with Crippen molar-refractivity contribution in [2.45, 2.75) is 32.8 Å². The predicted molar refractivity (Wildman–Crippen MR) is 148 cm³/mol. The van der Waals surface area contributed by atoms with Crippen LogP contribution >= 0.6 is 0 Å². The second-order valence-corrected chi connectivity index (χ2v) is 10.8. The molecule has 41 heavy (non-hydrogen) atoms. The minimum Gasteiger partial charge on any atom is -0.444 e. The van der Waals surface area contributed by atoms with Crippen LogP contribution in [0.5, 0.6) is 0 Å². The fourth-order valence-corrected chi connectivity index (χ4v) is 4.79. The van der Waals surface area contributed by atoms with E-state index in [9.17, 15) is 18.4 Å². The molecule has 1 aromatic carbocycles. The van der Waals surface area contributed by atoms with E-state index in [2.05, 4.69) is 10.3 Å². The molecule has 0 spiro atoms. The summed E-state index contributed by atoms with van der Waals surface area (Å²) in [5, 5.41) is 2.50.